The highest BCUT2D eigenvalue weighted by atomic mass is 32.1. The van der Waals surface area contributed by atoms with E-state index < -0.39 is 11.4 Å². The minimum absolute atomic E-state index is 0.388. The molecule has 0 unspecified atom stereocenters. The zero-order valence-corrected chi connectivity index (χ0v) is 10.4. The minimum Gasteiger partial charge on any atom is -0.366 e. The molecule has 1 fully saturated rings. The summed E-state index contributed by atoms with van der Waals surface area (Å²) < 4.78 is 5.18. The number of thiophene rings is 1. The van der Waals surface area contributed by atoms with E-state index in [0.717, 1.165) is 24.1 Å². The lowest BCUT2D eigenvalue weighted by Gasteiger charge is -2.34. The van der Waals surface area contributed by atoms with Gasteiger partial charge in [0.25, 0.3) is 5.89 Å². The Morgan fingerprint density at radius 2 is 2.28 bits per heavy atom. The normalized spacial score (nSPS) is 17.4. The molecule has 0 aliphatic heterocycles. The van der Waals surface area contributed by atoms with Crippen molar-refractivity contribution in [3.8, 4) is 10.8 Å². The quantitative estimate of drug-likeness (QED) is 0.866. The number of nitrogens with two attached hydrogens (primary N) is 2. The zero-order chi connectivity index (χ0) is 12.8. The van der Waals surface area contributed by atoms with Gasteiger partial charge >= 0.3 is 0 Å². The second-order valence-electron chi connectivity index (χ2n) is 4.50. The lowest BCUT2D eigenvalue weighted by atomic mass is 9.77. The number of rotatable bonds is 3. The molecular formula is C11H12N4O2S. The average molecular weight is 264 g/mol. The highest BCUT2D eigenvalue weighted by Crippen LogP contribution is 2.38. The summed E-state index contributed by atoms with van der Waals surface area (Å²) in [6.45, 7) is 0. The fraction of sp³-hybridized carbons (Fsp3) is 0.364. The third-order valence-electron chi connectivity index (χ3n) is 3.21. The third-order valence-corrected chi connectivity index (χ3v) is 4.13. The van der Waals surface area contributed by atoms with E-state index >= 15 is 0 Å². The van der Waals surface area contributed by atoms with Crippen LogP contribution in [0.5, 0.6) is 0 Å². The second-order valence-corrected chi connectivity index (χ2v) is 5.41. The molecule has 1 aliphatic rings. The van der Waals surface area contributed by atoms with E-state index in [0.29, 0.717) is 17.3 Å². The molecule has 0 aromatic carbocycles. The van der Waals surface area contributed by atoms with Crippen LogP contribution in [0.2, 0.25) is 0 Å². The van der Waals surface area contributed by atoms with Crippen molar-refractivity contribution in [2.24, 2.45) is 11.5 Å². The maximum Gasteiger partial charge on any atom is 0.268 e. The van der Waals surface area contributed by atoms with Crippen LogP contribution in [0, 0.1) is 0 Å². The predicted molar refractivity (Wildman–Crippen MR) is 65.8 cm³/mol. The Morgan fingerprint density at radius 1 is 1.50 bits per heavy atom. The number of primary amides is 1. The summed E-state index contributed by atoms with van der Waals surface area (Å²) >= 11 is 1.34. The molecule has 2 aromatic rings. The maximum atomic E-state index is 11.0. The van der Waals surface area contributed by atoms with Gasteiger partial charge in [0.05, 0.1) is 16.0 Å². The summed E-state index contributed by atoms with van der Waals surface area (Å²) in [6, 6.07) is 1.65. The number of amides is 1. The van der Waals surface area contributed by atoms with Crippen LogP contribution in [0.15, 0.2) is 16.0 Å². The van der Waals surface area contributed by atoms with Crippen LogP contribution in [0.1, 0.15) is 35.4 Å². The molecule has 2 aromatic heterocycles. The molecule has 0 atom stereocenters. The first-order valence-electron chi connectivity index (χ1n) is 5.60. The molecule has 1 amide bonds. The van der Waals surface area contributed by atoms with E-state index in [4.69, 9.17) is 16.0 Å². The standard InChI is InChI=1S/C11H12N4O2S/c12-8(16)6-4-7(18-5-6)9-14-10(15-17-9)11(13)2-1-3-11/h4-5H,1-3,13H2,(H2,12,16). The number of hydrogen-bond donors (Lipinski definition) is 2. The van der Waals surface area contributed by atoms with Crippen molar-refractivity contribution in [2.75, 3.05) is 0 Å². The molecule has 3 rings (SSSR count). The van der Waals surface area contributed by atoms with Crippen molar-refractivity contribution in [1.82, 2.24) is 10.1 Å². The lowest BCUT2D eigenvalue weighted by Crippen LogP contribution is -2.44. The number of hydrogen-bond acceptors (Lipinski definition) is 6. The van der Waals surface area contributed by atoms with Crippen molar-refractivity contribution in [3.63, 3.8) is 0 Å². The zero-order valence-electron chi connectivity index (χ0n) is 9.55. The average Bonchev–Trinajstić information content (AvgIpc) is 2.94. The van der Waals surface area contributed by atoms with Gasteiger partial charge in [-0.05, 0) is 25.3 Å². The van der Waals surface area contributed by atoms with Crippen molar-refractivity contribution in [2.45, 2.75) is 24.8 Å². The Hall–Kier alpha value is -1.73. The largest absolute Gasteiger partial charge is 0.366 e. The first kappa shape index (κ1) is 11.4. The second kappa shape index (κ2) is 3.89. The Kier molecular flexibility index (Phi) is 2.46. The molecule has 0 bridgehead atoms. The molecule has 2 heterocycles. The SMILES string of the molecule is NC(=O)c1csc(-c2nc(C3(N)CCC3)no2)c1. The van der Waals surface area contributed by atoms with Gasteiger partial charge in [-0.25, -0.2) is 0 Å². The van der Waals surface area contributed by atoms with Gasteiger partial charge in [0, 0.05) is 5.38 Å². The molecule has 6 nitrogen and oxygen atoms in total. The van der Waals surface area contributed by atoms with Gasteiger partial charge in [0.1, 0.15) is 0 Å². The smallest absolute Gasteiger partial charge is 0.268 e. The highest BCUT2D eigenvalue weighted by molar-refractivity contribution is 7.13. The van der Waals surface area contributed by atoms with E-state index in [1.807, 2.05) is 0 Å². The minimum atomic E-state index is -0.466. The van der Waals surface area contributed by atoms with Gasteiger partial charge in [0.2, 0.25) is 5.91 Å². The number of aromatic nitrogens is 2. The third kappa shape index (κ3) is 1.72. The van der Waals surface area contributed by atoms with E-state index in [-0.39, 0.29) is 0 Å². The Labute approximate surface area is 107 Å². The van der Waals surface area contributed by atoms with Crippen LogP contribution in [0.4, 0.5) is 0 Å². The molecule has 0 saturated heterocycles. The molecule has 4 N–H and O–H groups in total. The van der Waals surface area contributed by atoms with Crippen LogP contribution < -0.4 is 11.5 Å². The Bertz CT molecular complexity index is 600. The molecule has 7 heteroatoms. The molecule has 1 saturated carbocycles. The molecule has 0 radical (unpaired) electrons. The fourth-order valence-electron chi connectivity index (χ4n) is 1.88. The topological polar surface area (TPSA) is 108 Å². The summed E-state index contributed by atoms with van der Waals surface area (Å²) in [7, 11) is 0. The first-order valence-corrected chi connectivity index (χ1v) is 6.48. The summed E-state index contributed by atoms with van der Waals surface area (Å²) in [5, 5.41) is 5.59. The fourth-order valence-corrected chi connectivity index (χ4v) is 2.70. The van der Waals surface area contributed by atoms with Gasteiger partial charge in [-0.2, -0.15) is 4.98 Å². The number of nitrogens with zero attached hydrogens (tertiary/aromatic N) is 2. The van der Waals surface area contributed by atoms with Crippen LogP contribution in [0.3, 0.4) is 0 Å². The van der Waals surface area contributed by atoms with Gasteiger partial charge in [-0.1, -0.05) is 5.16 Å². The maximum absolute atomic E-state index is 11.0. The summed E-state index contributed by atoms with van der Waals surface area (Å²) in [4.78, 5) is 16.0. The van der Waals surface area contributed by atoms with Crippen molar-refractivity contribution < 1.29 is 9.32 Å². The molecular weight excluding hydrogens is 252 g/mol. The summed E-state index contributed by atoms with van der Waals surface area (Å²) in [6.07, 6.45) is 2.84. The lowest BCUT2D eigenvalue weighted by molar-refractivity contribution is 0.100. The molecule has 94 valence electrons. The van der Waals surface area contributed by atoms with Crippen LogP contribution in [-0.2, 0) is 5.54 Å². The van der Waals surface area contributed by atoms with Gasteiger partial charge in [-0.3, -0.25) is 4.79 Å². The van der Waals surface area contributed by atoms with Crippen LogP contribution in [0.25, 0.3) is 10.8 Å². The van der Waals surface area contributed by atoms with Gasteiger partial charge in [0.15, 0.2) is 5.82 Å². The van der Waals surface area contributed by atoms with Crippen molar-refractivity contribution in [1.29, 1.82) is 0 Å². The monoisotopic (exact) mass is 264 g/mol. The van der Waals surface area contributed by atoms with E-state index in [2.05, 4.69) is 10.1 Å². The van der Waals surface area contributed by atoms with Crippen LogP contribution >= 0.6 is 11.3 Å². The Balaban J connectivity index is 1.90. The van der Waals surface area contributed by atoms with Crippen molar-refractivity contribution >= 4 is 17.2 Å². The number of carbonyl (C=O) groups is 1. The molecule has 0 spiro atoms. The van der Waals surface area contributed by atoms with Gasteiger partial charge < -0.3 is 16.0 Å². The van der Waals surface area contributed by atoms with Crippen molar-refractivity contribution in [3.05, 3.63) is 22.8 Å². The number of carbonyl (C=O) groups excluding carboxylic acids is 1. The van der Waals surface area contributed by atoms with Gasteiger partial charge in [-0.15, -0.1) is 11.3 Å². The highest BCUT2D eigenvalue weighted by Gasteiger charge is 2.39. The Morgan fingerprint density at radius 3 is 2.83 bits per heavy atom. The molecule has 18 heavy (non-hydrogen) atoms. The van der Waals surface area contributed by atoms with E-state index in [9.17, 15) is 4.79 Å². The molecule has 1 aliphatic carbocycles. The van der Waals surface area contributed by atoms with E-state index in [1.54, 1.807) is 11.4 Å². The predicted octanol–water partition coefficient (Wildman–Crippen LogP) is 1.23. The summed E-state index contributed by atoms with van der Waals surface area (Å²) in [5.41, 5.74) is 11.3. The first-order chi connectivity index (χ1) is 8.58. The van der Waals surface area contributed by atoms with Crippen LogP contribution in [-0.4, -0.2) is 16.0 Å². The van der Waals surface area contributed by atoms with E-state index in [1.165, 1.54) is 11.3 Å². The summed E-state index contributed by atoms with van der Waals surface area (Å²) in [5.74, 6) is 0.462.